The molecule has 0 saturated heterocycles. The summed E-state index contributed by atoms with van der Waals surface area (Å²) in [7, 11) is 0. The number of ether oxygens (including phenoxy) is 1. The van der Waals surface area contributed by atoms with Gasteiger partial charge in [-0.1, -0.05) is 24.3 Å². The number of rotatable bonds is 5. The first-order valence-corrected chi connectivity index (χ1v) is 6.82. The van der Waals surface area contributed by atoms with Crippen molar-refractivity contribution in [2.75, 3.05) is 13.2 Å². The quantitative estimate of drug-likeness (QED) is 0.866. The summed E-state index contributed by atoms with van der Waals surface area (Å²) in [4.78, 5) is 4.51. The Morgan fingerprint density at radius 2 is 2.06 bits per heavy atom. The van der Waals surface area contributed by atoms with Crippen molar-refractivity contribution in [3.8, 4) is 0 Å². The van der Waals surface area contributed by atoms with Crippen LogP contribution in [0.25, 0.3) is 0 Å². The summed E-state index contributed by atoms with van der Waals surface area (Å²) in [5.41, 5.74) is 2.57. The predicted molar refractivity (Wildman–Crippen MR) is 74.8 cm³/mol. The molecule has 0 amide bonds. The van der Waals surface area contributed by atoms with E-state index in [0.29, 0.717) is 6.61 Å². The van der Waals surface area contributed by atoms with Crippen LogP contribution in [0, 0.1) is 0 Å². The fourth-order valence-electron chi connectivity index (χ4n) is 2.12. The highest BCUT2D eigenvalue weighted by atomic mass is 16.5. The van der Waals surface area contributed by atoms with Gasteiger partial charge in [0.15, 0.2) is 0 Å². The Balaban J connectivity index is 1.93. The highest BCUT2D eigenvalue weighted by Gasteiger charge is 2.06. The van der Waals surface area contributed by atoms with Crippen LogP contribution in [0.1, 0.15) is 37.3 Å². The molecule has 1 N–H and O–H groups in total. The van der Waals surface area contributed by atoms with Gasteiger partial charge in [-0.3, -0.25) is 4.99 Å². The highest BCUT2D eigenvalue weighted by molar-refractivity contribution is 5.82. The maximum absolute atomic E-state index is 5.49. The van der Waals surface area contributed by atoms with Crippen molar-refractivity contribution in [1.82, 2.24) is 5.32 Å². The molecule has 0 radical (unpaired) electrons. The summed E-state index contributed by atoms with van der Waals surface area (Å²) < 4.78 is 5.49. The SMILES string of the molecule is CCOCc1ccccc1CNC1=NCCCC1. The van der Waals surface area contributed by atoms with Crippen LogP contribution in [0.5, 0.6) is 0 Å². The molecule has 1 aliphatic rings. The molecule has 0 aliphatic carbocycles. The van der Waals surface area contributed by atoms with E-state index in [1.165, 1.54) is 24.0 Å². The average molecular weight is 246 g/mol. The minimum atomic E-state index is 0.695. The third-order valence-electron chi connectivity index (χ3n) is 3.19. The molecule has 1 aromatic rings. The molecule has 0 atom stereocenters. The van der Waals surface area contributed by atoms with Crippen molar-refractivity contribution >= 4 is 5.84 Å². The van der Waals surface area contributed by atoms with E-state index in [1.807, 2.05) is 6.92 Å². The normalized spacial score (nSPS) is 15.3. The lowest BCUT2D eigenvalue weighted by atomic mass is 10.1. The summed E-state index contributed by atoms with van der Waals surface area (Å²) >= 11 is 0. The van der Waals surface area contributed by atoms with Crippen LogP contribution >= 0.6 is 0 Å². The molecule has 0 unspecified atom stereocenters. The first kappa shape index (κ1) is 13.1. The van der Waals surface area contributed by atoms with E-state index >= 15 is 0 Å². The van der Waals surface area contributed by atoms with E-state index in [2.05, 4.69) is 34.6 Å². The zero-order valence-electron chi connectivity index (χ0n) is 11.1. The van der Waals surface area contributed by atoms with Gasteiger partial charge in [-0.05, 0) is 30.9 Å². The number of benzene rings is 1. The maximum atomic E-state index is 5.49. The van der Waals surface area contributed by atoms with Crippen LogP contribution in [0.2, 0.25) is 0 Å². The molecule has 3 heteroatoms. The second-order valence-electron chi connectivity index (χ2n) is 4.54. The van der Waals surface area contributed by atoms with Crippen LogP contribution in [0.15, 0.2) is 29.3 Å². The Morgan fingerprint density at radius 3 is 2.78 bits per heavy atom. The maximum Gasteiger partial charge on any atom is 0.0965 e. The summed E-state index contributed by atoms with van der Waals surface area (Å²) in [6.45, 7) is 5.30. The Bertz CT molecular complexity index is 401. The van der Waals surface area contributed by atoms with Gasteiger partial charge in [0.25, 0.3) is 0 Å². The molecular formula is C15H22N2O. The monoisotopic (exact) mass is 246 g/mol. The molecule has 0 fully saturated rings. The van der Waals surface area contributed by atoms with Gasteiger partial charge >= 0.3 is 0 Å². The van der Waals surface area contributed by atoms with Gasteiger partial charge in [-0.2, -0.15) is 0 Å². The van der Waals surface area contributed by atoms with Gasteiger partial charge in [-0.25, -0.2) is 0 Å². The Morgan fingerprint density at radius 1 is 1.22 bits per heavy atom. The molecule has 2 rings (SSSR count). The van der Waals surface area contributed by atoms with Crippen LogP contribution in [0.4, 0.5) is 0 Å². The third kappa shape index (κ3) is 3.84. The first-order valence-electron chi connectivity index (χ1n) is 6.82. The standard InChI is InChI=1S/C15H22N2O/c1-2-18-12-14-8-4-3-7-13(14)11-17-15-9-5-6-10-16-15/h3-4,7-8H,2,5-6,9-12H2,1H3,(H,16,17). The number of hydrogen-bond acceptors (Lipinski definition) is 3. The minimum Gasteiger partial charge on any atom is -0.377 e. The molecule has 0 saturated carbocycles. The van der Waals surface area contributed by atoms with Crippen molar-refractivity contribution in [1.29, 1.82) is 0 Å². The zero-order chi connectivity index (χ0) is 12.6. The molecule has 0 spiro atoms. The predicted octanol–water partition coefficient (Wildman–Crippen LogP) is 2.90. The van der Waals surface area contributed by atoms with Crippen LogP contribution in [-0.2, 0) is 17.9 Å². The molecular weight excluding hydrogens is 224 g/mol. The molecule has 3 nitrogen and oxygen atoms in total. The summed E-state index contributed by atoms with van der Waals surface area (Å²) in [5.74, 6) is 1.16. The molecule has 1 heterocycles. The van der Waals surface area contributed by atoms with Gasteiger partial charge < -0.3 is 10.1 Å². The van der Waals surface area contributed by atoms with Crippen molar-refractivity contribution in [2.45, 2.75) is 39.3 Å². The second-order valence-corrected chi connectivity index (χ2v) is 4.54. The van der Waals surface area contributed by atoms with E-state index < -0.39 is 0 Å². The Kier molecular flexibility index (Phi) is 5.21. The van der Waals surface area contributed by atoms with Gasteiger partial charge in [0, 0.05) is 26.1 Å². The van der Waals surface area contributed by atoms with Crippen LogP contribution in [0.3, 0.4) is 0 Å². The number of aliphatic imine (C=N–C) groups is 1. The third-order valence-corrected chi connectivity index (χ3v) is 3.19. The second kappa shape index (κ2) is 7.17. The summed E-state index contributed by atoms with van der Waals surface area (Å²) in [5, 5.41) is 3.45. The van der Waals surface area contributed by atoms with Crippen molar-refractivity contribution in [2.24, 2.45) is 4.99 Å². The molecule has 98 valence electrons. The molecule has 1 aromatic carbocycles. The van der Waals surface area contributed by atoms with E-state index in [-0.39, 0.29) is 0 Å². The lowest BCUT2D eigenvalue weighted by Crippen LogP contribution is -2.25. The number of nitrogens with zero attached hydrogens (tertiary/aromatic N) is 1. The van der Waals surface area contributed by atoms with Crippen molar-refractivity contribution in [3.63, 3.8) is 0 Å². The van der Waals surface area contributed by atoms with Crippen LogP contribution in [-0.4, -0.2) is 19.0 Å². The summed E-state index contributed by atoms with van der Waals surface area (Å²) in [6.07, 6.45) is 3.58. The van der Waals surface area contributed by atoms with E-state index in [1.54, 1.807) is 0 Å². The lowest BCUT2D eigenvalue weighted by molar-refractivity contribution is 0.133. The summed E-state index contributed by atoms with van der Waals surface area (Å²) in [6, 6.07) is 8.44. The van der Waals surface area contributed by atoms with E-state index in [4.69, 9.17) is 4.74 Å². The largest absolute Gasteiger partial charge is 0.377 e. The molecule has 18 heavy (non-hydrogen) atoms. The van der Waals surface area contributed by atoms with Crippen molar-refractivity contribution in [3.05, 3.63) is 35.4 Å². The van der Waals surface area contributed by atoms with Gasteiger partial charge in [-0.15, -0.1) is 0 Å². The van der Waals surface area contributed by atoms with E-state index in [9.17, 15) is 0 Å². The Hall–Kier alpha value is -1.35. The number of hydrogen-bond donors (Lipinski definition) is 1. The fraction of sp³-hybridized carbons (Fsp3) is 0.533. The first-order chi connectivity index (χ1) is 8.90. The van der Waals surface area contributed by atoms with Crippen LogP contribution < -0.4 is 5.32 Å². The molecule has 0 aromatic heterocycles. The fourth-order valence-corrected chi connectivity index (χ4v) is 2.12. The van der Waals surface area contributed by atoms with Gasteiger partial charge in [0.05, 0.1) is 12.4 Å². The number of nitrogens with one attached hydrogen (secondary N) is 1. The smallest absolute Gasteiger partial charge is 0.0965 e. The van der Waals surface area contributed by atoms with Gasteiger partial charge in [0.2, 0.25) is 0 Å². The average Bonchev–Trinajstić information content (AvgIpc) is 2.45. The highest BCUT2D eigenvalue weighted by Crippen LogP contribution is 2.11. The topological polar surface area (TPSA) is 33.6 Å². The Labute approximate surface area is 109 Å². The zero-order valence-corrected chi connectivity index (χ0v) is 11.1. The molecule has 1 aliphatic heterocycles. The molecule has 0 bridgehead atoms. The minimum absolute atomic E-state index is 0.695. The van der Waals surface area contributed by atoms with Crippen molar-refractivity contribution < 1.29 is 4.74 Å². The van der Waals surface area contributed by atoms with E-state index in [0.717, 1.165) is 32.0 Å². The number of amidine groups is 1. The van der Waals surface area contributed by atoms with Gasteiger partial charge in [0.1, 0.15) is 0 Å². The lowest BCUT2D eigenvalue weighted by Gasteiger charge is -2.15.